The van der Waals surface area contributed by atoms with E-state index in [0.29, 0.717) is 22.2 Å². The van der Waals surface area contributed by atoms with Crippen LogP contribution in [0.4, 0.5) is 0 Å². The third-order valence-electron chi connectivity index (χ3n) is 7.71. The van der Waals surface area contributed by atoms with E-state index >= 15 is 0 Å². The normalized spacial score (nSPS) is 11.4. The van der Waals surface area contributed by atoms with Gasteiger partial charge in [0.2, 0.25) is 0 Å². The van der Waals surface area contributed by atoms with Crippen molar-refractivity contribution in [3.63, 3.8) is 0 Å². The first-order chi connectivity index (χ1) is 21.3. The molecule has 4 heterocycles. The third-order valence-corrected chi connectivity index (χ3v) is 23.7. The molecular weight excluding hydrogens is 721 g/mol. The van der Waals surface area contributed by atoms with Gasteiger partial charge in [-0.05, 0) is 68.9 Å². The van der Waals surface area contributed by atoms with Crippen LogP contribution >= 0.6 is 22.2 Å². The molecule has 45 heavy (non-hydrogen) atoms. The second-order valence-corrected chi connectivity index (χ2v) is 25.5. The molecule has 0 saturated heterocycles. The number of rotatable bonds is 8. The van der Waals surface area contributed by atoms with Gasteiger partial charge in [-0.1, -0.05) is 79.7 Å². The van der Waals surface area contributed by atoms with E-state index in [9.17, 15) is 0 Å². The maximum atomic E-state index is 7.63. The second-order valence-electron chi connectivity index (χ2n) is 11.7. The van der Waals surface area contributed by atoms with Gasteiger partial charge >= 0.3 is 37.0 Å². The molecule has 0 radical (unpaired) electrons. The fourth-order valence-electron chi connectivity index (χ4n) is 5.26. The van der Waals surface area contributed by atoms with E-state index in [4.69, 9.17) is 32.7 Å². The van der Waals surface area contributed by atoms with Crippen molar-refractivity contribution in [1.29, 1.82) is 10.5 Å². The summed E-state index contributed by atoms with van der Waals surface area (Å²) in [5, 5.41) is 17.7. The van der Waals surface area contributed by atoms with E-state index in [0.717, 1.165) is 22.8 Å². The molecule has 0 saturated carbocycles. The predicted octanol–water partition coefficient (Wildman–Crippen LogP) is 8.74. The average Bonchev–Trinajstić information content (AvgIpc) is 3.05. The monoisotopic (exact) mass is 762 g/mol. The number of hydrogen-bond acceptors (Lipinski definition) is 6. The summed E-state index contributed by atoms with van der Waals surface area (Å²) in [6, 6.07) is 20.0. The molecule has 0 aliphatic carbocycles. The van der Waals surface area contributed by atoms with Crippen LogP contribution < -0.4 is 10.4 Å². The van der Waals surface area contributed by atoms with Crippen molar-refractivity contribution in [1.82, 2.24) is 19.9 Å². The standard InChI is InChI=1S/2C16H21ClN2Si.2CN.Ru/c2*1-12(2)20(17,13(3)4)14-8-9-16(19-11-14)15-7-5-6-10-18-15;2*1-2;/h2*5-13H,1-4H3;;;. The van der Waals surface area contributed by atoms with Gasteiger partial charge in [-0.15, -0.1) is 0 Å². The van der Waals surface area contributed by atoms with Crippen LogP contribution in [0.15, 0.2) is 85.5 Å². The van der Waals surface area contributed by atoms with Crippen LogP contribution in [-0.2, 0) is 17.1 Å². The molecule has 0 amide bonds. The van der Waals surface area contributed by atoms with Gasteiger partial charge in [-0.3, -0.25) is 19.9 Å². The third kappa shape index (κ3) is 10.1. The van der Waals surface area contributed by atoms with Gasteiger partial charge < -0.3 is 0 Å². The van der Waals surface area contributed by atoms with Gasteiger partial charge in [0.15, 0.2) is 14.8 Å². The predicted molar refractivity (Wildman–Crippen MR) is 189 cm³/mol. The SMILES string of the molecule is CC(C)[Si](Cl)(c1ccc(-c2ccccn2)nc1)C(C)C.CC(C)[Si](Cl)(c1ccc(-c2ccccn2)nc1)C(C)C.N#[C][Ru][C]#N. The summed E-state index contributed by atoms with van der Waals surface area (Å²) < 4.78 is 3.49. The van der Waals surface area contributed by atoms with Crippen molar-refractivity contribution in [2.75, 3.05) is 0 Å². The summed E-state index contributed by atoms with van der Waals surface area (Å²) in [5.41, 5.74) is 5.51. The summed E-state index contributed by atoms with van der Waals surface area (Å²) in [4.78, 5) is 17.8. The molecule has 238 valence electrons. The summed E-state index contributed by atoms with van der Waals surface area (Å²) in [5.74, 6) is 0. The van der Waals surface area contributed by atoms with Gasteiger partial charge in [0.25, 0.3) is 0 Å². The Hall–Kier alpha value is -2.78. The Morgan fingerprint density at radius 3 is 1.07 bits per heavy atom. The first kappa shape index (κ1) is 38.4. The maximum absolute atomic E-state index is 7.63. The Bertz CT molecular complexity index is 1390. The number of aromatic nitrogens is 4. The molecule has 0 aliphatic rings. The van der Waals surface area contributed by atoms with Gasteiger partial charge in [-0.25, -0.2) is 0 Å². The molecule has 0 unspecified atom stereocenters. The topological polar surface area (TPSA) is 99.1 Å². The first-order valence-corrected chi connectivity index (χ1v) is 22.9. The van der Waals surface area contributed by atoms with Crippen LogP contribution in [0.2, 0.25) is 22.2 Å². The molecule has 0 spiro atoms. The van der Waals surface area contributed by atoms with Gasteiger partial charge in [0.05, 0.1) is 22.8 Å². The molecule has 0 fully saturated rings. The van der Waals surface area contributed by atoms with Crippen molar-refractivity contribution in [3.8, 4) is 32.1 Å². The zero-order valence-corrected chi connectivity index (χ0v) is 32.4. The summed E-state index contributed by atoms with van der Waals surface area (Å²) in [6.07, 6.45) is 7.47. The van der Waals surface area contributed by atoms with Gasteiger partial charge in [-0.2, -0.15) is 22.2 Å². The second kappa shape index (κ2) is 18.4. The molecule has 0 aliphatic heterocycles. The first-order valence-electron chi connectivity index (χ1n) is 14.9. The Balaban J connectivity index is 0.000000273. The van der Waals surface area contributed by atoms with Crippen molar-refractivity contribution >= 4 is 47.3 Å². The molecular formula is C34H42Cl2N6RuSi2. The van der Waals surface area contributed by atoms with E-state index in [1.165, 1.54) is 10.4 Å². The average molecular weight is 763 g/mol. The Labute approximate surface area is 288 Å². The number of pyridine rings is 4. The molecule has 11 heteroatoms. The van der Waals surface area contributed by atoms with E-state index in [-0.39, 0.29) is 0 Å². The molecule has 6 nitrogen and oxygen atoms in total. The summed E-state index contributed by atoms with van der Waals surface area (Å²) >= 11 is 13.4. The van der Waals surface area contributed by atoms with Crippen molar-refractivity contribution < 1.29 is 17.1 Å². The number of halogens is 2. The van der Waals surface area contributed by atoms with Crippen molar-refractivity contribution in [3.05, 3.63) is 85.5 Å². The van der Waals surface area contributed by atoms with Crippen LogP contribution in [0.25, 0.3) is 22.8 Å². The molecule has 4 rings (SSSR count). The van der Waals surface area contributed by atoms with Crippen LogP contribution in [-0.4, -0.2) is 34.7 Å². The van der Waals surface area contributed by atoms with E-state index in [1.54, 1.807) is 21.7 Å². The van der Waals surface area contributed by atoms with Crippen LogP contribution in [0.1, 0.15) is 55.4 Å². The minimum absolute atomic E-state index is 0.478. The molecule has 4 aromatic heterocycles. The zero-order chi connectivity index (χ0) is 33.6. The fourth-order valence-corrected chi connectivity index (χ4v) is 12.6. The van der Waals surface area contributed by atoms with E-state index in [1.807, 2.05) is 60.9 Å². The summed E-state index contributed by atoms with van der Waals surface area (Å²) in [7, 11) is -4.03. The number of nitriles is 2. The van der Waals surface area contributed by atoms with Gasteiger partial charge in [0, 0.05) is 24.8 Å². The van der Waals surface area contributed by atoms with Crippen LogP contribution in [0.5, 0.6) is 0 Å². The van der Waals surface area contributed by atoms with E-state index in [2.05, 4.69) is 87.5 Å². The van der Waals surface area contributed by atoms with E-state index < -0.39 is 31.9 Å². The van der Waals surface area contributed by atoms with Gasteiger partial charge in [0.1, 0.15) is 0 Å². The molecule has 0 N–H and O–H groups in total. The van der Waals surface area contributed by atoms with Crippen molar-refractivity contribution in [2.45, 2.75) is 77.6 Å². The number of nitrogens with zero attached hydrogens (tertiary/aromatic N) is 6. The number of hydrogen-bond donors (Lipinski definition) is 0. The Morgan fingerprint density at radius 1 is 0.533 bits per heavy atom. The molecule has 4 aromatic rings. The molecule has 0 bridgehead atoms. The Morgan fingerprint density at radius 2 is 0.867 bits per heavy atom. The molecule has 0 atom stereocenters. The van der Waals surface area contributed by atoms with Crippen molar-refractivity contribution in [2.24, 2.45) is 0 Å². The molecule has 0 aromatic carbocycles. The summed E-state index contributed by atoms with van der Waals surface area (Å²) in [6.45, 7) is 17.7. The van der Waals surface area contributed by atoms with Crippen LogP contribution in [0.3, 0.4) is 0 Å². The fraction of sp³-hybridized carbons (Fsp3) is 0.353. The minimum atomic E-state index is -2.01. The van der Waals surface area contributed by atoms with Crippen LogP contribution in [0, 0.1) is 19.9 Å². The quantitative estimate of drug-likeness (QED) is 0.132. The zero-order valence-electron chi connectivity index (χ0n) is 27.2. The Kier molecular flexibility index (Phi) is 15.7.